The number of likely N-dealkylation sites (N-methyl/N-ethyl adjacent to an activating group) is 1. The monoisotopic (exact) mass is 446 g/mol. The molecule has 2 aromatic carbocycles. The maximum absolute atomic E-state index is 13.1. The van der Waals surface area contributed by atoms with Crippen molar-refractivity contribution >= 4 is 39.0 Å². The van der Waals surface area contributed by atoms with Gasteiger partial charge in [0.15, 0.2) is 0 Å². The van der Waals surface area contributed by atoms with Crippen LogP contribution in [0.2, 0.25) is 0 Å². The first-order chi connectivity index (χ1) is 14.6. The number of hydrogen-bond acceptors (Lipinski definition) is 6. The molecule has 0 saturated carbocycles. The van der Waals surface area contributed by atoms with Crippen LogP contribution < -0.4 is 14.9 Å². The lowest BCUT2D eigenvalue weighted by atomic mass is 10.1. The number of carbonyl (C=O) groups excluding carboxylic acids is 1. The zero-order chi connectivity index (χ0) is 22.8. The molecule has 10 heteroatoms. The molecule has 3 rings (SSSR count). The molecular formula is C21H26N4O5S. The summed E-state index contributed by atoms with van der Waals surface area (Å²) in [4.78, 5) is 27.5. The second-order valence-electron chi connectivity index (χ2n) is 7.61. The van der Waals surface area contributed by atoms with Gasteiger partial charge < -0.3 is 20.2 Å². The largest absolute Gasteiger partial charge is 0.478 e. The van der Waals surface area contributed by atoms with Gasteiger partial charge >= 0.3 is 5.97 Å². The first-order valence-electron chi connectivity index (χ1n) is 9.79. The van der Waals surface area contributed by atoms with E-state index in [0.29, 0.717) is 5.56 Å². The van der Waals surface area contributed by atoms with Crippen molar-refractivity contribution in [2.24, 2.45) is 0 Å². The highest BCUT2D eigenvalue weighted by Gasteiger charge is 2.24. The number of carbonyl (C=O) groups is 2. The molecule has 3 N–H and O–H groups in total. The number of aromatic carboxylic acids is 1. The summed E-state index contributed by atoms with van der Waals surface area (Å²) in [6.45, 7) is 6.23. The standard InChI is InChI=1S/C21H26N4O5S/c1-14-4-6-19(22-15(2)26)20(12-14)31(29,30)23-18-7-5-16(13-17(18)21(27)28)25-10-8-24(3)9-11-25/h4-7,12-13,23H,8-11H2,1-3H3,(H,22,26)(H,27,28). The van der Waals surface area contributed by atoms with Gasteiger partial charge in [-0.05, 0) is 49.9 Å². The number of nitrogens with one attached hydrogen (secondary N) is 2. The van der Waals surface area contributed by atoms with Crippen LogP contribution in [0.3, 0.4) is 0 Å². The molecule has 0 unspecified atom stereocenters. The highest BCUT2D eigenvalue weighted by molar-refractivity contribution is 7.93. The summed E-state index contributed by atoms with van der Waals surface area (Å²) in [5.74, 6) is -1.65. The number of sulfonamides is 1. The van der Waals surface area contributed by atoms with Crippen LogP contribution in [0.5, 0.6) is 0 Å². The maximum atomic E-state index is 13.1. The lowest BCUT2D eigenvalue weighted by molar-refractivity contribution is -0.114. The van der Waals surface area contributed by atoms with Crippen molar-refractivity contribution < 1.29 is 23.1 Å². The van der Waals surface area contributed by atoms with E-state index in [4.69, 9.17) is 0 Å². The lowest BCUT2D eigenvalue weighted by Gasteiger charge is -2.34. The van der Waals surface area contributed by atoms with Crippen LogP contribution in [0.15, 0.2) is 41.3 Å². The summed E-state index contributed by atoms with van der Waals surface area (Å²) < 4.78 is 28.5. The minimum Gasteiger partial charge on any atom is -0.478 e. The van der Waals surface area contributed by atoms with Gasteiger partial charge in [-0.1, -0.05) is 6.07 Å². The molecule has 1 heterocycles. The Bertz CT molecular complexity index is 1110. The molecule has 0 bridgehead atoms. The van der Waals surface area contributed by atoms with Crippen molar-refractivity contribution in [3.05, 3.63) is 47.5 Å². The highest BCUT2D eigenvalue weighted by Crippen LogP contribution is 2.29. The minimum absolute atomic E-state index is 0.0411. The second-order valence-corrected chi connectivity index (χ2v) is 9.26. The third-order valence-corrected chi connectivity index (χ3v) is 6.49. The topological polar surface area (TPSA) is 119 Å². The molecule has 1 amide bonds. The van der Waals surface area contributed by atoms with Gasteiger partial charge in [0.05, 0.1) is 16.9 Å². The zero-order valence-electron chi connectivity index (χ0n) is 17.7. The Balaban J connectivity index is 1.95. The van der Waals surface area contributed by atoms with Gasteiger partial charge in [0.2, 0.25) is 5.91 Å². The number of nitrogens with zero attached hydrogens (tertiary/aromatic N) is 2. The van der Waals surface area contributed by atoms with Crippen LogP contribution >= 0.6 is 0 Å². The molecule has 31 heavy (non-hydrogen) atoms. The molecule has 1 aliphatic rings. The summed E-state index contributed by atoms with van der Waals surface area (Å²) in [5.41, 5.74) is 1.34. The molecule has 0 radical (unpaired) electrons. The third kappa shape index (κ3) is 5.33. The average molecular weight is 447 g/mol. The molecule has 9 nitrogen and oxygen atoms in total. The van der Waals surface area contributed by atoms with E-state index in [0.717, 1.165) is 31.9 Å². The van der Waals surface area contributed by atoms with Gasteiger partial charge in [-0.3, -0.25) is 9.52 Å². The van der Waals surface area contributed by atoms with E-state index in [1.807, 2.05) is 7.05 Å². The predicted octanol–water partition coefficient (Wildman–Crippen LogP) is 2.20. The smallest absolute Gasteiger partial charge is 0.337 e. The summed E-state index contributed by atoms with van der Waals surface area (Å²) in [6.07, 6.45) is 0. The van der Waals surface area contributed by atoms with Crippen LogP contribution in [0.1, 0.15) is 22.8 Å². The minimum atomic E-state index is -4.16. The summed E-state index contributed by atoms with van der Waals surface area (Å²) in [7, 11) is -2.14. The van der Waals surface area contributed by atoms with Crippen LogP contribution in [-0.4, -0.2) is 63.5 Å². The normalized spacial score (nSPS) is 14.9. The summed E-state index contributed by atoms with van der Waals surface area (Å²) in [6, 6.07) is 9.25. The van der Waals surface area contributed by atoms with E-state index in [1.54, 1.807) is 19.1 Å². The molecule has 0 atom stereocenters. The molecule has 1 aliphatic heterocycles. The maximum Gasteiger partial charge on any atom is 0.337 e. The molecule has 1 fully saturated rings. The number of piperazine rings is 1. The van der Waals surface area contributed by atoms with Crippen molar-refractivity contribution in [3.63, 3.8) is 0 Å². The number of amides is 1. The van der Waals surface area contributed by atoms with E-state index in [1.165, 1.54) is 31.2 Å². The molecule has 2 aromatic rings. The first kappa shape index (κ1) is 22.6. The summed E-state index contributed by atoms with van der Waals surface area (Å²) >= 11 is 0. The SMILES string of the molecule is CC(=O)Nc1ccc(C)cc1S(=O)(=O)Nc1ccc(N2CCN(C)CC2)cc1C(=O)O. The summed E-state index contributed by atoms with van der Waals surface area (Å²) in [5, 5.41) is 12.2. The molecule has 0 aliphatic carbocycles. The number of rotatable bonds is 6. The predicted molar refractivity (Wildman–Crippen MR) is 119 cm³/mol. The first-order valence-corrected chi connectivity index (χ1v) is 11.3. The quantitative estimate of drug-likeness (QED) is 0.622. The fourth-order valence-corrected chi connectivity index (χ4v) is 4.73. The van der Waals surface area contributed by atoms with Crippen LogP contribution in [0.25, 0.3) is 0 Å². The van der Waals surface area contributed by atoms with Gasteiger partial charge in [0, 0.05) is 38.8 Å². The molecule has 0 spiro atoms. The van der Waals surface area contributed by atoms with E-state index < -0.39 is 21.9 Å². The number of anilines is 3. The highest BCUT2D eigenvalue weighted by atomic mass is 32.2. The van der Waals surface area contributed by atoms with Crippen LogP contribution in [0, 0.1) is 6.92 Å². The van der Waals surface area contributed by atoms with Crippen LogP contribution in [-0.2, 0) is 14.8 Å². The van der Waals surface area contributed by atoms with Gasteiger partial charge in [0.25, 0.3) is 10.0 Å². The Morgan fingerprint density at radius 1 is 1.00 bits per heavy atom. The van der Waals surface area contributed by atoms with Gasteiger partial charge in [-0.15, -0.1) is 0 Å². The van der Waals surface area contributed by atoms with Crippen molar-refractivity contribution in [3.8, 4) is 0 Å². The number of hydrogen-bond donors (Lipinski definition) is 3. The lowest BCUT2D eigenvalue weighted by Crippen LogP contribution is -2.44. The molecular weight excluding hydrogens is 420 g/mol. The van der Waals surface area contributed by atoms with E-state index in [9.17, 15) is 23.1 Å². The molecule has 166 valence electrons. The zero-order valence-corrected chi connectivity index (χ0v) is 18.5. The van der Waals surface area contributed by atoms with E-state index in [-0.39, 0.29) is 21.8 Å². The van der Waals surface area contributed by atoms with Gasteiger partial charge in [0.1, 0.15) is 4.90 Å². The number of carboxylic acids is 1. The fraction of sp³-hybridized carbons (Fsp3) is 0.333. The average Bonchev–Trinajstić information content (AvgIpc) is 2.69. The number of benzene rings is 2. The molecule has 0 aromatic heterocycles. The Morgan fingerprint density at radius 2 is 1.65 bits per heavy atom. The van der Waals surface area contributed by atoms with Crippen LogP contribution in [0.4, 0.5) is 17.1 Å². The van der Waals surface area contributed by atoms with E-state index in [2.05, 4.69) is 19.8 Å². The fourth-order valence-electron chi connectivity index (χ4n) is 3.40. The third-order valence-electron chi connectivity index (χ3n) is 5.08. The number of aryl methyl sites for hydroxylation is 1. The Labute approximate surface area is 181 Å². The molecule has 1 saturated heterocycles. The van der Waals surface area contributed by atoms with Gasteiger partial charge in [-0.2, -0.15) is 0 Å². The Hall–Kier alpha value is -3.11. The Kier molecular flexibility index (Phi) is 6.51. The van der Waals surface area contributed by atoms with Crippen molar-refractivity contribution in [1.82, 2.24) is 4.90 Å². The second kappa shape index (κ2) is 8.94. The van der Waals surface area contributed by atoms with Crippen molar-refractivity contribution in [2.45, 2.75) is 18.7 Å². The van der Waals surface area contributed by atoms with Gasteiger partial charge in [-0.25, -0.2) is 13.2 Å². The van der Waals surface area contributed by atoms with Crippen molar-refractivity contribution in [1.29, 1.82) is 0 Å². The van der Waals surface area contributed by atoms with E-state index >= 15 is 0 Å². The van der Waals surface area contributed by atoms with Crippen molar-refractivity contribution in [2.75, 3.05) is 48.2 Å². The number of carboxylic acid groups (broad SMARTS) is 1. The Morgan fingerprint density at radius 3 is 2.26 bits per heavy atom.